The van der Waals surface area contributed by atoms with Crippen LogP contribution in [-0.4, -0.2) is 17.8 Å². The molecule has 0 saturated heterocycles. The predicted octanol–water partition coefficient (Wildman–Crippen LogP) is 5.86. The molecule has 33 heavy (non-hydrogen) atoms. The van der Waals surface area contributed by atoms with Crippen LogP contribution in [0.25, 0.3) is 6.08 Å². The maximum atomic E-state index is 12.4. The number of nitrogens with zero attached hydrogens (tertiary/aromatic N) is 1. The lowest BCUT2D eigenvalue weighted by Crippen LogP contribution is -2.11. The zero-order valence-corrected chi connectivity index (χ0v) is 19.1. The van der Waals surface area contributed by atoms with Crippen molar-refractivity contribution in [1.29, 1.82) is 0 Å². The Morgan fingerprint density at radius 3 is 2.24 bits per heavy atom. The summed E-state index contributed by atoms with van der Waals surface area (Å²) in [5, 5.41) is 0. The third-order valence-electron chi connectivity index (χ3n) is 5.38. The minimum absolute atomic E-state index is 0.0399. The first-order chi connectivity index (χ1) is 15.7. The number of benzene rings is 3. The standard InChI is InChI=1S/C28H25NO4/c1-18-7-5-6-8-23(18)26(30)32-22-15-9-19(10-16-22)17-24-27(31)33-25(29-24)20-11-13-21(14-12-20)28(2,3)4/h5-17H,1-4H3. The van der Waals surface area contributed by atoms with E-state index in [0.29, 0.717) is 11.3 Å². The van der Waals surface area contributed by atoms with Gasteiger partial charge in [-0.2, -0.15) is 0 Å². The Morgan fingerprint density at radius 1 is 0.939 bits per heavy atom. The van der Waals surface area contributed by atoms with Gasteiger partial charge in [-0.3, -0.25) is 0 Å². The molecular weight excluding hydrogens is 414 g/mol. The fourth-order valence-electron chi connectivity index (χ4n) is 3.40. The second kappa shape index (κ2) is 8.87. The molecule has 0 N–H and O–H groups in total. The van der Waals surface area contributed by atoms with E-state index in [9.17, 15) is 9.59 Å². The lowest BCUT2D eigenvalue weighted by molar-refractivity contribution is -0.129. The first-order valence-electron chi connectivity index (χ1n) is 10.7. The minimum atomic E-state index is -0.500. The zero-order valence-electron chi connectivity index (χ0n) is 19.1. The number of hydrogen-bond acceptors (Lipinski definition) is 5. The molecule has 0 amide bonds. The summed E-state index contributed by atoms with van der Waals surface area (Å²) < 4.78 is 10.8. The average Bonchev–Trinajstić information content (AvgIpc) is 3.15. The van der Waals surface area contributed by atoms with Crippen molar-refractivity contribution < 1.29 is 19.1 Å². The number of rotatable bonds is 4. The second-order valence-corrected chi connectivity index (χ2v) is 8.94. The van der Waals surface area contributed by atoms with Gasteiger partial charge in [0.2, 0.25) is 5.90 Å². The van der Waals surface area contributed by atoms with E-state index in [0.717, 1.165) is 16.7 Å². The van der Waals surface area contributed by atoms with Crippen LogP contribution in [0.3, 0.4) is 0 Å². The van der Waals surface area contributed by atoms with E-state index in [2.05, 4.69) is 25.8 Å². The van der Waals surface area contributed by atoms with Gasteiger partial charge in [0.05, 0.1) is 5.56 Å². The van der Waals surface area contributed by atoms with Gasteiger partial charge in [0.25, 0.3) is 0 Å². The maximum absolute atomic E-state index is 12.4. The van der Waals surface area contributed by atoms with Gasteiger partial charge < -0.3 is 9.47 Å². The molecule has 1 aliphatic heterocycles. The van der Waals surface area contributed by atoms with Crippen molar-refractivity contribution in [3.8, 4) is 5.75 Å². The summed E-state index contributed by atoms with van der Waals surface area (Å²) in [7, 11) is 0. The summed E-state index contributed by atoms with van der Waals surface area (Å²) in [5.74, 6) is -0.205. The van der Waals surface area contributed by atoms with Crippen molar-refractivity contribution in [3.05, 3.63) is 106 Å². The van der Waals surface area contributed by atoms with Gasteiger partial charge in [-0.25, -0.2) is 14.6 Å². The summed E-state index contributed by atoms with van der Waals surface area (Å²) in [6.07, 6.45) is 1.64. The SMILES string of the molecule is Cc1ccccc1C(=O)Oc1ccc(C=C2N=C(c3ccc(C(C)(C)C)cc3)OC2=O)cc1. The highest BCUT2D eigenvalue weighted by atomic mass is 16.6. The third kappa shape index (κ3) is 5.09. The van der Waals surface area contributed by atoms with Crippen molar-refractivity contribution in [1.82, 2.24) is 0 Å². The van der Waals surface area contributed by atoms with Crippen molar-refractivity contribution in [2.24, 2.45) is 4.99 Å². The first-order valence-corrected chi connectivity index (χ1v) is 10.7. The van der Waals surface area contributed by atoms with Crippen LogP contribution >= 0.6 is 0 Å². The molecule has 0 saturated carbocycles. The Bertz CT molecular complexity index is 1260. The number of esters is 2. The van der Waals surface area contributed by atoms with Gasteiger partial charge >= 0.3 is 11.9 Å². The van der Waals surface area contributed by atoms with Crippen LogP contribution < -0.4 is 4.74 Å². The van der Waals surface area contributed by atoms with E-state index in [1.54, 1.807) is 42.5 Å². The van der Waals surface area contributed by atoms with Gasteiger partial charge in [0.1, 0.15) is 5.75 Å². The fourth-order valence-corrected chi connectivity index (χ4v) is 3.40. The Balaban J connectivity index is 1.48. The predicted molar refractivity (Wildman–Crippen MR) is 128 cm³/mol. The molecule has 1 heterocycles. The summed E-state index contributed by atoms with van der Waals surface area (Å²) in [6, 6.07) is 22.0. The summed E-state index contributed by atoms with van der Waals surface area (Å²) in [4.78, 5) is 29.1. The normalized spacial score (nSPS) is 14.7. The van der Waals surface area contributed by atoms with Crippen LogP contribution in [0.5, 0.6) is 5.75 Å². The highest BCUT2D eigenvalue weighted by molar-refractivity contribution is 6.12. The van der Waals surface area contributed by atoms with Gasteiger partial charge in [-0.15, -0.1) is 0 Å². The molecule has 5 heteroatoms. The van der Waals surface area contributed by atoms with Crippen molar-refractivity contribution in [3.63, 3.8) is 0 Å². The quantitative estimate of drug-likeness (QED) is 0.290. The van der Waals surface area contributed by atoms with Crippen LogP contribution in [-0.2, 0) is 14.9 Å². The lowest BCUT2D eigenvalue weighted by Gasteiger charge is -2.18. The summed E-state index contributed by atoms with van der Waals surface area (Å²) in [6.45, 7) is 8.29. The first kappa shape index (κ1) is 22.2. The minimum Gasteiger partial charge on any atom is -0.423 e. The van der Waals surface area contributed by atoms with Crippen LogP contribution in [0.1, 0.15) is 53.4 Å². The largest absolute Gasteiger partial charge is 0.423 e. The molecule has 4 rings (SSSR count). The molecule has 0 unspecified atom stereocenters. The van der Waals surface area contributed by atoms with Crippen LogP contribution in [0.2, 0.25) is 0 Å². The van der Waals surface area contributed by atoms with E-state index in [1.807, 2.05) is 43.3 Å². The molecular formula is C28H25NO4. The monoisotopic (exact) mass is 439 g/mol. The van der Waals surface area contributed by atoms with Crippen molar-refractivity contribution in [2.75, 3.05) is 0 Å². The van der Waals surface area contributed by atoms with Gasteiger partial charge in [-0.05, 0) is 65.4 Å². The smallest absolute Gasteiger partial charge is 0.363 e. The third-order valence-corrected chi connectivity index (χ3v) is 5.38. The van der Waals surface area contributed by atoms with E-state index in [1.165, 1.54) is 5.56 Å². The van der Waals surface area contributed by atoms with E-state index in [4.69, 9.17) is 9.47 Å². The molecule has 5 nitrogen and oxygen atoms in total. The molecule has 0 bridgehead atoms. The van der Waals surface area contributed by atoms with Crippen LogP contribution in [0.4, 0.5) is 0 Å². The molecule has 0 atom stereocenters. The zero-order chi connectivity index (χ0) is 23.6. The number of hydrogen-bond donors (Lipinski definition) is 0. The second-order valence-electron chi connectivity index (χ2n) is 8.94. The van der Waals surface area contributed by atoms with Crippen molar-refractivity contribution in [2.45, 2.75) is 33.1 Å². The topological polar surface area (TPSA) is 65.0 Å². The Kier molecular flexibility index (Phi) is 5.97. The number of carbonyl (C=O) groups excluding carboxylic acids is 2. The molecule has 0 radical (unpaired) electrons. The number of ether oxygens (including phenoxy) is 2. The Hall–Kier alpha value is -3.99. The Labute approximate surface area is 193 Å². The maximum Gasteiger partial charge on any atom is 0.363 e. The van der Waals surface area contributed by atoms with Crippen LogP contribution in [0.15, 0.2) is 83.5 Å². The average molecular weight is 440 g/mol. The highest BCUT2D eigenvalue weighted by Crippen LogP contribution is 2.25. The molecule has 0 aliphatic carbocycles. The number of aliphatic imine (C=N–C) groups is 1. The number of cyclic esters (lactones) is 1. The molecule has 3 aromatic rings. The van der Waals surface area contributed by atoms with E-state index >= 15 is 0 Å². The molecule has 166 valence electrons. The Morgan fingerprint density at radius 2 is 1.61 bits per heavy atom. The van der Waals surface area contributed by atoms with E-state index in [-0.39, 0.29) is 17.0 Å². The van der Waals surface area contributed by atoms with Gasteiger partial charge in [0, 0.05) is 5.56 Å². The summed E-state index contributed by atoms with van der Waals surface area (Å²) >= 11 is 0. The molecule has 1 aliphatic rings. The summed E-state index contributed by atoms with van der Waals surface area (Å²) in [5.41, 5.74) is 4.31. The molecule has 0 spiro atoms. The number of carbonyl (C=O) groups is 2. The molecule has 3 aromatic carbocycles. The molecule has 0 aromatic heterocycles. The van der Waals surface area contributed by atoms with Gasteiger partial charge in [-0.1, -0.05) is 63.2 Å². The fraction of sp³-hybridized carbons (Fsp3) is 0.179. The van der Waals surface area contributed by atoms with Crippen LogP contribution in [0, 0.1) is 6.92 Å². The van der Waals surface area contributed by atoms with Crippen molar-refractivity contribution >= 4 is 23.9 Å². The number of aryl methyl sites for hydroxylation is 1. The van der Waals surface area contributed by atoms with E-state index < -0.39 is 11.9 Å². The highest BCUT2D eigenvalue weighted by Gasteiger charge is 2.24. The lowest BCUT2D eigenvalue weighted by atomic mass is 9.87. The van der Waals surface area contributed by atoms with Gasteiger partial charge in [0.15, 0.2) is 5.70 Å². The molecule has 0 fully saturated rings.